The number of carboxylic acid groups (broad SMARTS) is 1. The van der Waals surface area contributed by atoms with E-state index >= 15 is 0 Å². The molecule has 1 aliphatic rings. The van der Waals surface area contributed by atoms with E-state index in [-0.39, 0.29) is 5.54 Å². The predicted octanol–water partition coefficient (Wildman–Crippen LogP) is 1.24. The van der Waals surface area contributed by atoms with Gasteiger partial charge < -0.3 is 14.6 Å². The van der Waals surface area contributed by atoms with Gasteiger partial charge in [-0.05, 0) is 33.0 Å². The molecule has 1 fully saturated rings. The lowest BCUT2D eigenvalue weighted by atomic mass is 10.2. The van der Waals surface area contributed by atoms with Crippen LogP contribution >= 0.6 is 0 Å². The number of aromatic nitrogens is 1. The van der Waals surface area contributed by atoms with E-state index in [0.717, 1.165) is 19.4 Å². The summed E-state index contributed by atoms with van der Waals surface area (Å²) < 4.78 is 2.05. The molecular weight excluding hydrogens is 192 g/mol. The first-order valence-corrected chi connectivity index (χ1v) is 5.10. The summed E-state index contributed by atoms with van der Waals surface area (Å²) in [6.07, 6.45) is 5.89. The number of carboxylic acids is 1. The fourth-order valence-corrected chi connectivity index (χ4v) is 2.05. The molecular formula is C11H16N2O2. The van der Waals surface area contributed by atoms with Gasteiger partial charge in [-0.2, -0.15) is 0 Å². The normalized spacial score (nSPS) is 18.1. The molecule has 4 heteroatoms. The van der Waals surface area contributed by atoms with Gasteiger partial charge in [0.1, 0.15) is 0 Å². The van der Waals surface area contributed by atoms with Crippen LogP contribution in [0.4, 0.5) is 0 Å². The van der Waals surface area contributed by atoms with Crippen LogP contribution in [0.25, 0.3) is 0 Å². The number of likely N-dealkylation sites (N-methyl/N-ethyl adjacent to an activating group) is 1. The Bertz CT molecular complexity index is 378. The van der Waals surface area contributed by atoms with Crippen molar-refractivity contribution in [3.05, 3.63) is 24.0 Å². The molecule has 15 heavy (non-hydrogen) atoms. The summed E-state index contributed by atoms with van der Waals surface area (Å²) in [5.74, 6) is -0.852. The molecule has 1 aliphatic carbocycles. The van der Waals surface area contributed by atoms with Crippen molar-refractivity contribution in [2.75, 3.05) is 20.6 Å². The van der Waals surface area contributed by atoms with Gasteiger partial charge in [0.25, 0.3) is 0 Å². The zero-order chi connectivity index (χ0) is 11.1. The van der Waals surface area contributed by atoms with E-state index in [9.17, 15) is 4.79 Å². The largest absolute Gasteiger partial charge is 0.478 e. The highest BCUT2D eigenvalue weighted by molar-refractivity contribution is 5.87. The second-order valence-corrected chi connectivity index (χ2v) is 4.57. The summed E-state index contributed by atoms with van der Waals surface area (Å²) in [7, 11) is 4.09. The monoisotopic (exact) mass is 208 g/mol. The summed E-state index contributed by atoms with van der Waals surface area (Å²) in [6.45, 7) is 0.973. The maximum Gasteiger partial charge on any atom is 0.337 e. The fraction of sp³-hybridized carbons (Fsp3) is 0.545. The van der Waals surface area contributed by atoms with Crippen LogP contribution in [0.3, 0.4) is 0 Å². The molecule has 2 rings (SSSR count). The highest BCUT2D eigenvalue weighted by Gasteiger charge is 2.44. The van der Waals surface area contributed by atoms with Crippen molar-refractivity contribution < 1.29 is 9.90 Å². The van der Waals surface area contributed by atoms with Crippen molar-refractivity contribution in [3.8, 4) is 0 Å². The lowest BCUT2D eigenvalue weighted by Crippen LogP contribution is -2.30. The van der Waals surface area contributed by atoms with Crippen molar-refractivity contribution in [3.63, 3.8) is 0 Å². The number of rotatable bonds is 4. The summed E-state index contributed by atoms with van der Waals surface area (Å²) in [5.41, 5.74) is 0.525. The van der Waals surface area contributed by atoms with E-state index in [1.165, 1.54) is 0 Å². The predicted molar refractivity (Wildman–Crippen MR) is 57.2 cm³/mol. The first-order valence-electron chi connectivity index (χ1n) is 5.10. The maximum absolute atomic E-state index is 10.8. The van der Waals surface area contributed by atoms with Crippen LogP contribution in [0.2, 0.25) is 0 Å². The molecule has 0 amide bonds. The smallest absolute Gasteiger partial charge is 0.337 e. The second kappa shape index (κ2) is 3.38. The average molecular weight is 208 g/mol. The Kier molecular flexibility index (Phi) is 2.31. The van der Waals surface area contributed by atoms with Crippen LogP contribution < -0.4 is 0 Å². The van der Waals surface area contributed by atoms with Crippen molar-refractivity contribution in [1.82, 2.24) is 9.47 Å². The first kappa shape index (κ1) is 10.2. The van der Waals surface area contributed by atoms with E-state index in [0.29, 0.717) is 5.56 Å². The van der Waals surface area contributed by atoms with Gasteiger partial charge in [-0.3, -0.25) is 0 Å². The van der Waals surface area contributed by atoms with E-state index < -0.39 is 5.97 Å². The standard InChI is InChI=1S/C11H16N2O2/c1-12(2)8-11(4-5-11)13-6-3-9(7-13)10(14)15/h3,6-7H,4-5,8H2,1-2H3,(H,14,15). The lowest BCUT2D eigenvalue weighted by Gasteiger charge is -2.21. The van der Waals surface area contributed by atoms with E-state index in [2.05, 4.69) is 9.47 Å². The highest BCUT2D eigenvalue weighted by Crippen LogP contribution is 2.44. The zero-order valence-corrected chi connectivity index (χ0v) is 9.10. The molecule has 1 aromatic rings. The molecule has 0 saturated heterocycles. The minimum atomic E-state index is -0.852. The zero-order valence-electron chi connectivity index (χ0n) is 9.10. The molecule has 1 N–H and O–H groups in total. The Morgan fingerprint density at radius 3 is 2.67 bits per heavy atom. The van der Waals surface area contributed by atoms with Gasteiger partial charge in [0.15, 0.2) is 0 Å². The van der Waals surface area contributed by atoms with Crippen LogP contribution in [0.1, 0.15) is 23.2 Å². The third kappa shape index (κ3) is 1.90. The Labute approximate surface area is 89.1 Å². The van der Waals surface area contributed by atoms with Gasteiger partial charge in [-0.1, -0.05) is 0 Å². The SMILES string of the molecule is CN(C)CC1(n2ccc(C(=O)O)c2)CC1. The molecule has 82 valence electrons. The van der Waals surface area contributed by atoms with Crippen molar-refractivity contribution in [2.45, 2.75) is 18.4 Å². The molecule has 0 aliphatic heterocycles. The van der Waals surface area contributed by atoms with Gasteiger partial charge in [0.2, 0.25) is 0 Å². The van der Waals surface area contributed by atoms with Crippen LogP contribution in [0, 0.1) is 0 Å². The van der Waals surface area contributed by atoms with Gasteiger partial charge >= 0.3 is 5.97 Å². The molecule has 0 bridgehead atoms. The Morgan fingerprint density at radius 1 is 1.60 bits per heavy atom. The lowest BCUT2D eigenvalue weighted by molar-refractivity contribution is 0.0696. The third-order valence-corrected chi connectivity index (χ3v) is 2.93. The van der Waals surface area contributed by atoms with Crippen LogP contribution in [0.15, 0.2) is 18.5 Å². The maximum atomic E-state index is 10.8. The molecule has 0 unspecified atom stereocenters. The first-order chi connectivity index (χ1) is 7.03. The molecule has 0 aromatic carbocycles. The summed E-state index contributed by atoms with van der Waals surface area (Å²) >= 11 is 0. The highest BCUT2D eigenvalue weighted by atomic mass is 16.4. The number of hydrogen-bond donors (Lipinski definition) is 1. The summed E-state index contributed by atoms with van der Waals surface area (Å²) in [6, 6.07) is 1.66. The Hall–Kier alpha value is -1.29. The summed E-state index contributed by atoms with van der Waals surface area (Å²) in [4.78, 5) is 12.9. The number of aromatic carboxylic acids is 1. The van der Waals surface area contributed by atoms with Crippen molar-refractivity contribution in [2.24, 2.45) is 0 Å². The summed E-state index contributed by atoms with van der Waals surface area (Å²) in [5, 5.41) is 8.84. The Morgan fingerprint density at radius 2 is 2.27 bits per heavy atom. The molecule has 0 atom stereocenters. The minimum Gasteiger partial charge on any atom is -0.478 e. The van der Waals surface area contributed by atoms with E-state index in [1.807, 2.05) is 20.3 Å². The second-order valence-electron chi connectivity index (χ2n) is 4.57. The number of hydrogen-bond acceptors (Lipinski definition) is 2. The quantitative estimate of drug-likeness (QED) is 0.809. The molecule has 0 spiro atoms. The minimum absolute atomic E-state index is 0.150. The molecule has 0 radical (unpaired) electrons. The molecule has 1 aromatic heterocycles. The molecule has 1 saturated carbocycles. The van der Waals surface area contributed by atoms with Crippen LogP contribution in [-0.4, -0.2) is 41.2 Å². The Balaban J connectivity index is 2.18. The number of nitrogens with zero attached hydrogens (tertiary/aromatic N) is 2. The molecule has 4 nitrogen and oxygen atoms in total. The average Bonchev–Trinajstić information content (AvgIpc) is 2.75. The number of carbonyl (C=O) groups is 1. The molecule has 1 heterocycles. The van der Waals surface area contributed by atoms with E-state index in [1.54, 1.807) is 12.3 Å². The van der Waals surface area contributed by atoms with Crippen LogP contribution in [-0.2, 0) is 5.54 Å². The van der Waals surface area contributed by atoms with Gasteiger partial charge in [0.05, 0.1) is 11.1 Å². The topological polar surface area (TPSA) is 45.5 Å². The van der Waals surface area contributed by atoms with Crippen molar-refractivity contribution in [1.29, 1.82) is 0 Å². The van der Waals surface area contributed by atoms with Gasteiger partial charge in [0, 0.05) is 18.9 Å². The fourth-order valence-electron chi connectivity index (χ4n) is 2.05. The van der Waals surface area contributed by atoms with Crippen LogP contribution in [0.5, 0.6) is 0 Å². The van der Waals surface area contributed by atoms with Crippen molar-refractivity contribution >= 4 is 5.97 Å². The third-order valence-electron chi connectivity index (χ3n) is 2.93. The van der Waals surface area contributed by atoms with Gasteiger partial charge in [-0.25, -0.2) is 4.79 Å². The van der Waals surface area contributed by atoms with Gasteiger partial charge in [-0.15, -0.1) is 0 Å². The van der Waals surface area contributed by atoms with E-state index in [4.69, 9.17) is 5.11 Å².